The van der Waals surface area contributed by atoms with Crippen LogP contribution in [0.5, 0.6) is 0 Å². The van der Waals surface area contributed by atoms with Crippen LogP contribution in [0.4, 0.5) is 26.0 Å². The van der Waals surface area contributed by atoms with Crippen molar-refractivity contribution in [1.29, 1.82) is 0 Å². The van der Waals surface area contributed by atoms with E-state index in [4.69, 9.17) is 5.73 Å². The van der Waals surface area contributed by atoms with Crippen LogP contribution >= 0.6 is 15.9 Å². The van der Waals surface area contributed by atoms with Crippen LogP contribution < -0.4 is 11.1 Å². The number of pyridine rings is 1. The van der Waals surface area contributed by atoms with Crippen LogP contribution in [0.25, 0.3) is 0 Å². The zero-order chi connectivity index (χ0) is 12.4. The maximum Gasteiger partial charge on any atom is 0.150 e. The maximum atomic E-state index is 13.5. The fraction of sp³-hybridized carbons (Fsp3) is 0. The van der Waals surface area contributed by atoms with Crippen molar-refractivity contribution < 1.29 is 8.78 Å². The number of rotatable bonds is 2. The highest BCUT2D eigenvalue weighted by Gasteiger charge is 2.10. The molecule has 88 valence electrons. The first-order valence-electron chi connectivity index (χ1n) is 4.69. The van der Waals surface area contributed by atoms with Crippen LogP contribution in [0.1, 0.15) is 0 Å². The third-order valence-corrected chi connectivity index (χ3v) is 2.67. The van der Waals surface area contributed by atoms with Crippen molar-refractivity contribution >= 4 is 33.1 Å². The molecular formula is C11H8BrF2N3. The van der Waals surface area contributed by atoms with E-state index in [1.54, 1.807) is 12.1 Å². The Morgan fingerprint density at radius 1 is 1.24 bits per heavy atom. The van der Waals surface area contributed by atoms with E-state index in [2.05, 4.69) is 26.2 Å². The average molecular weight is 300 g/mol. The fourth-order valence-corrected chi connectivity index (χ4v) is 1.81. The summed E-state index contributed by atoms with van der Waals surface area (Å²) in [6.07, 6.45) is 1.49. The first-order chi connectivity index (χ1) is 8.06. The predicted molar refractivity (Wildman–Crippen MR) is 66.0 cm³/mol. The van der Waals surface area contributed by atoms with Gasteiger partial charge in [-0.05, 0) is 28.1 Å². The second kappa shape index (κ2) is 4.67. The van der Waals surface area contributed by atoms with Crippen LogP contribution in [-0.4, -0.2) is 4.98 Å². The smallest absolute Gasteiger partial charge is 0.150 e. The molecule has 0 fully saturated rings. The number of nitrogens with one attached hydrogen (secondary N) is 1. The molecule has 0 atom stereocenters. The Hall–Kier alpha value is -1.69. The molecule has 2 rings (SSSR count). The van der Waals surface area contributed by atoms with Crippen LogP contribution in [-0.2, 0) is 0 Å². The lowest BCUT2D eigenvalue weighted by molar-refractivity contribution is 0.584. The minimum Gasteiger partial charge on any atom is -0.399 e. The van der Waals surface area contributed by atoms with Gasteiger partial charge in [-0.2, -0.15) is 0 Å². The number of nitrogens with two attached hydrogens (primary N) is 1. The molecule has 0 amide bonds. The van der Waals surface area contributed by atoms with Crippen molar-refractivity contribution in [2.24, 2.45) is 0 Å². The summed E-state index contributed by atoms with van der Waals surface area (Å²) in [6, 6.07) is 5.12. The number of nitrogen functional groups attached to an aromatic ring is 1. The van der Waals surface area contributed by atoms with Gasteiger partial charge in [0.05, 0.1) is 5.69 Å². The Morgan fingerprint density at radius 2 is 2.00 bits per heavy atom. The van der Waals surface area contributed by atoms with Crippen molar-refractivity contribution in [3.63, 3.8) is 0 Å². The predicted octanol–water partition coefficient (Wildman–Crippen LogP) is 3.45. The molecule has 3 N–H and O–H groups in total. The van der Waals surface area contributed by atoms with E-state index in [-0.39, 0.29) is 10.2 Å². The van der Waals surface area contributed by atoms with Crippen molar-refractivity contribution in [2.75, 3.05) is 11.1 Å². The molecule has 2 aromatic rings. The molecule has 0 saturated carbocycles. The molecule has 0 unspecified atom stereocenters. The van der Waals surface area contributed by atoms with Gasteiger partial charge in [0.15, 0.2) is 5.82 Å². The SMILES string of the molecule is Nc1ccnc(Nc2c(F)cc(F)cc2Br)c1. The molecule has 0 aliphatic rings. The summed E-state index contributed by atoms with van der Waals surface area (Å²) in [7, 11) is 0. The number of aromatic nitrogens is 1. The van der Waals surface area contributed by atoms with Crippen molar-refractivity contribution in [1.82, 2.24) is 4.98 Å². The maximum absolute atomic E-state index is 13.5. The largest absolute Gasteiger partial charge is 0.399 e. The van der Waals surface area contributed by atoms with Gasteiger partial charge in [-0.15, -0.1) is 0 Å². The van der Waals surface area contributed by atoms with Gasteiger partial charge in [-0.1, -0.05) is 0 Å². The van der Waals surface area contributed by atoms with Crippen molar-refractivity contribution in [2.45, 2.75) is 0 Å². The van der Waals surface area contributed by atoms with Gasteiger partial charge < -0.3 is 11.1 Å². The Kier molecular flexibility index (Phi) is 3.23. The number of hydrogen-bond acceptors (Lipinski definition) is 3. The topological polar surface area (TPSA) is 50.9 Å². The van der Waals surface area contributed by atoms with Gasteiger partial charge in [0.25, 0.3) is 0 Å². The first kappa shape index (κ1) is 11.8. The minimum absolute atomic E-state index is 0.115. The highest BCUT2D eigenvalue weighted by Crippen LogP contribution is 2.29. The summed E-state index contributed by atoms with van der Waals surface area (Å²) in [5.74, 6) is -0.974. The molecule has 3 nitrogen and oxygen atoms in total. The lowest BCUT2D eigenvalue weighted by Crippen LogP contribution is -1.99. The second-order valence-electron chi connectivity index (χ2n) is 3.34. The zero-order valence-corrected chi connectivity index (χ0v) is 10.1. The number of halogens is 3. The van der Waals surface area contributed by atoms with Crippen LogP contribution in [0, 0.1) is 11.6 Å². The molecule has 1 aromatic heterocycles. The number of anilines is 3. The monoisotopic (exact) mass is 299 g/mol. The molecule has 1 heterocycles. The lowest BCUT2D eigenvalue weighted by Gasteiger charge is -2.09. The van der Waals surface area contributed by atoms with Crippen LogP contribution in [0.15, 0.2) is 34.9 Å². The standard InChI is InChI=1S/C11H8BrF2N3/c12-8-3-6(13)4-9(14)11(8)17-10-5-7(15)1-2-16-10/h1-5H,(H3,15,16,17). The molecular weight excluding hydrogens is 292 g/mol. The number of hydrogen-bond donors (Lipinski definition) is 2. The van der Waals surface area contributed by atoms with Gasteiger partial charge in [-0.25, -0.2) is 13.8 Å². The van der Waals surface area contributed by atoms with E-state index in [1.165, 1.54) is 6.20 Å². The Morgan fingerprint density at radius 3 is 2.65 bits per heavy atom. The third-order valence-electron chi connectivity index (χ3n) is 2.04. The van der Waals surface area contributed by atoms with Gasteiger partial charge >= 0.3 is 0 Å². The molecule has 0 aliphatic heterocycles. The summed E-state index contributed by atoms with van der Waals surface area (Å²) in [4.78, 5) is 3.97. The minimum atomic E-state index is -0.707. The van der Waals surface area contributed by atoms with E-state index in [1.807, 2.05) is 0 Å². The number of nitrogens with zero attached hydrogens (tertiary/aromatic N) is 1. The molecule has 17 heavy (non-hydrogen) atoms. The molecule has 0 saturated heterocycles. The summed E-state index contributed by atoms with van der Waals surface area (Å²) in [6.45, 7) is 0. The number of benzene rings is 1. The molecule has 0 aliphatic carbocycles. The van der Waals surface area contributed by atoms with Crippen LogP contribution in [0.2, 0.25) is 0 Å². The highest BCUT2D eigenvalue weighted by atomic mass is 79.9. The zero-order valence-electron chi connectivity index (χ0n) is 8.55. The summed E-state index contributed by atoms with van der Waals surface area (Å²) >= 11 is 3.07. The van der Waals surface area contributed by atoms with Gasteiger partial charge in [0.1, 0.15) is 11.6 Å². The van der Waals surface area contributed by atoms with E-state index in [9.17, 15) is 8.78 Å². The first-order valence-corrected chi connectivity index (χ1v) is 5.48. The molecule has 6 heteroatoms. The summed E-state index contributed by atoms with van der Waals surface area (Å²) in [5, 5.41) is 2.73. The average Bonchev–Trinajstić information content (AvgIpc) is 2.23. The molecule has 0 radical (unpaired) electrons. The van der Waals surface area contributed by atoms with Crippen LogP contribution in [0.3, 0.4) is 0 Å². The van der Waals surface area contributed by atoms with E-state index < -0.39 is 11.6 Å². The Labute approximate surface area is 105 Å². The Balaban J connectivity index is 2.36. The van der Waals surface area contributed by atoms with E-state index >= 15 is 0 Å². The summed E-state index contributed by atoms with van der Waals surface area (Å²) in [5.41, 5.74) is 6.18. The van der Waals surface area contributed by atoms with Gasteiger partial charge in [0.2, 0.25) is 0 Å². The Bertz CT molecular complexity index is 537. The van der Waals surface area contributed by atoms with E-state index in [0.717, 1.165) is 12.1 Å². The van der Waals surface area contributed by atoms with E-state index in [0.29, 0.717) is 11.5 Å². The van der Waals surface area contributed by atoms with Crippen molar-refractivity contribution in [3.8, 4) is 0 Å². The lowest BCUT2D eigenvalue weighted by atomic mass is 10.3. The summed E-state index contributed by atoms with van der Waals surface area (Å²) < 4.78 is 26.7. The fourth-order valence-electron chi connectivity index (χ4n) is 1.30. The molecule has 0 spiro atoms. The van der Waals surface area contributed by atoms with Crippen molar-refractivity contribution in [3.05, 3.63) is 46.6 Å². The van der Waals surface area contributed by atoms with Gasteiger partial charge in [0, 0.05) is 28.5 Å². The van der Waals surface area contributed by atoms with Gasteiger partial charge in [-0.3, -0.25) is 0 Å². The second-order valence-corrected chi connectivity index (χ2v) is 4.20. The third kappa shape index (κ3) is 2.71. The quantitative estimate of drug-likeness (QED) is 0.893. The molecule has 1 aromatic carbocycles. The molecule has 0 bridgehead atoms. The normalized spacial score (nSPS) is 10.3. The highest BCUT2D eigenvalue weighted by molar-refractivity contribution is 9.10.